The molecule has 3 aromatic heterocycles. The van der Waals surface area contributed by atoms with E-state index in [9.17, 15) is 20.2 Å². The highest BCUT2D eigenvalue weighted by atomic mass is 35.5. The molecular formula is C25H12ClN5O3S. The van der Waals surface area contributed by atoms with E-state index in [1.54, 1.807) is 24.3 Å². The third-order valence-corrected chi connectivity index (χ3v) is 6.82. The van der Waals surface area contributed by atoms with Gasteiger partial charge in [0.2, 0.25) is 0 Å². The molecule has 0 aliphatic carbocycles. The van der Waals surface area contributed by atoms with Crippen LogP contribution in [0.25, 0.3) is 38.1 Å². The van der Waals surface area contributed by atoms with Crippen molar-refractivity contribution in [3.05, 3.63) is 90.5 Å². The molecule has 0 aliphatic rings. The van der Waals surface area contributed by atoms with Crippen molar-refractivity contribution >= 4 is 50.3 Å². The van der Waals surface area contributed by atoms with Crippen LogP contribution in [0.2, 0.25) is 5.02 Å². The fraction of sp³-hybridized carbons (Fsp3) is 0. The van der Waals surface area contributed by atoms with E-state index in [0.29, 0.717) is 26.4 Å². The van der Waals surface area contributed by atoms with Crippen LogP contribution in [0.5, 0.6) is 0 Å². The number of rotatable bonds is 3. The minimum atomic E-state index is -0.529. The second-order valence-corrected chi connectivity index (χ2v) is 8.78. The first-order chi connectivity index (χ1) is 16.8. The van der Waals surface area contributed by atoms with Crippen LogP contribution >= 0.6 is 22.9 Å². The molecule has 0 saturated carbocycles. The lowest BCUT2D eigenvalue weighted by molar-refractivity contribution is -0.384. The second-order valence-electron chi connectivity index (χ2n) is 7.48. The number of benzene rings is 2. The van der Waals surface area contributed by atoms with Gasteiger partial charge < -0.3 is 5.73 Å². The molecule has 3 heterocycles. The smallest absolute Gasteiger partial charge is 0.282 e. The number of hydrogen-bond donors (Lipinski definition) is 1. The van der Waals surface area contributed by atoms with Gasteiger partial charge in [0.05, 0.1) is 15.9 Å². The van der Waals surface area contributed by atoms with Crippen LogP contribution in [0.15, 0.2) is 58.7 Å². The molecule has 0 fully saturated rings. The molecule has 5 rings (SSSR count). The number of nitro groups is 1. The Morgan fingerprint density at radius 3 is 2.37 bits per heavy atom. The van der Waals surface area contributed by atoms with Crippen molar-refractivity contribution in [2.45, 2.75) is 0 Å². The van der Waals surface area contributed by atoms with Crippen molar-refractivity contribution in [2.24, 2.45) is 0 Å². The molecule has 0 aliphatic heterocycles. The Labute approximate surface area is 206 Å². The number of nitriles is 1. The molecular weight excluding hydrogens is 486 g/mol. The zero-order chi connectivity index (χ0) is 24.9. The van der Waals surface area contributed by atoms with Crippen molar-refractivity contribution < 1.29 is 4.92 Å². The predicted octanol–water partition coefficient (Wildman–Crippen LogP) is 5.24. The van der Waals surface area contributed by atoms with Gasteiger partial charge in [-0.3, -0.25) is 19.3 Å². The number of anilines is 1. The molecule has 168 valence electrons. The molecule has 0 saturated heterocycles. The van der Waals surface area contributed by atoms with Crippen LogP contribution in [-0.4, -0.2) is 14.3 Å². The number of non-ortho nitro benzene ring substituents is 1. The predicted molar refractivity (Wildman–Crippen MR) is 136 cm³/mol. The number of aromatic nitrogens is 2. The first kappa shape index (κ1) is 22.1. The van der Waals surface area contributed by atoms with Gasteiger partial charge in [0.15, 0.2) is 5.65 Å². The summed E-state index contributed by atoms with van der Waals surface area (Å²) in [6.07, 6.45) is 5.81. The summed E-state index contributed by atoms with van der Waals surface area (Å²) in [6.45, 7) is 0. The van der Waals surface area contributed by atoms with Crippen molar-refractivity contribution in [3.63, 3.8) is 0 Å². The SMILES string of the molecule is C#Cc1c(-c2ccc([N+](=O)[O-])cc2)c(C#N)c2nc(=O)c3c(-c4ccc(Cl)cc4)csc3n2c1N. The van der Waals surface area contributed by atoms with Gasteiger partial charge in [0.25, 0.3) is 11.2 Å². The van der Waals surface area contributed by atoms with Crippen molar-refractivity contribution in [1.82, 2.24) is 9.38 Å². The maximum absolute atomic E-state index is 13.2. The molecule has 0 bridgehead atoms. The molecule has 0 unspecified atom stereocenters. The number of fused-ring (bicyclic) bond motifs is 3. The number of pyridine rings is 1. The maximum atomic E-state index is 13.2. The summed E-state index contributed by atoms with van der Waals surface area (Å²) < 4.78 is 1.52. The Balaban J connectivity index is 1.88. The monoisotopic (exact) mass is 497 g/mol. The normalized spacial score (nSPS) is 10.8. The number of halogens is 1. The average Bonchev–Trinajstić information content (AvgIpc) is 3.30. The Morgan fingerprint density at radius 1 is 1.11 bits per heavy atom. The zero-order valence-electron chi connectivity index (χ0n) is 17.7. The van der Waals surface area contributed by atoms with Crippen LogP contribution in [0.4, 0.5) is 11.5 Å². The third kappa shape index (κ3) is 3.39. The standard InChI is InChI=1S/C25H12ClN5O3S/c1-2-17-20(14-5-9-16(10-6-14)31(33)34)18(11-27)23-29-24(32)21-19(13-3-7-15(26)8-4-13)12-35-25(21)30(23)22(17)28/h1,3-10,12H,28H2. The molecule has 2 aromatic carbocycles. The minimum Gasteiger partial charge on any atom is -0.384 e. The highest BCUT2D eigenvalue weighted by molar-refractivity contribution is 7.17. The van der Waals surface area contributed by atoms with E-state index in [1.807, 2.05) is 5.38 Å². The fourth-order valence-corrected chi connectivity index (χ4v) is 5.23. The maximum Gasteiger partial charge on any atom is 0.282 e. The summed E-state index contributed by atoms with van der Waals surface area (Å²) in [6, 6.07) is 14.7. The minimum absolute atomic E-state index is 0.0430. The average molecular weight is 498 g/mol. The quantitative estimate of drug-likeness (QED) is 0.206. The van der Waals surface area contributed by atoms with Gasteiger partial charge in [0, 0.05) is 33.7 Å². The highest BCUT2D eigenvalue weighted by Gasteiger charge is 2.24. The number of hydrogen-bond acceptors (Lipinski definition) is 7. The molecule has 10 heteroatoms. The zero-order valence-corrected chi connectivity index (χ0v) is 19.2. The summed E-state index contributed by atoms with van der Waals surface area (Å²) in [5.74, 6) is 2.67. The summed E-state index contributed by atoms with van der Waals surface area (Å²) in [4.78, 5) is 28.5. The van der Waals surface area contributed by atoms with E-state index in [-0.39, 0.29) is 33.8 Å². The molecule has 5 aromatic rings. The van der Waals surface area contributed by atoms with E-state index >= 15 is 0 Å². The first-order valence-corrected chi connectivity index (χ1v) is 11.3. The topological polar surface area (TPSA) is 127 Å². The number of nitrogens with two attached hydrogens (primary N) is 1. The molecule has 8 nitrogen and oxygen atoms in total. The van der Waals surface area contributed by atoms with Crippen molar-refractivity contribution in [1.29, 1.82) is 5.26 Å². The van der Waals surface area contributed by atoms with E-state index in [1.165, 1.54) is 40.0 Å². The van der Waals surface area contributed by atoms with E-state index in [0.717, 1.165) is 5.56 Å². The molecule has 2 N–H and O–H groups in total. The van der Waals surface area contributed by atoms with Gasteiger partial charge in [-0.15, -0.1) is 17.8 Å². The van der Waals surface area contributed by atoms with Crippen molar-refractivity contribution in [3.8, 4) is 40.7 Å². The molecule has 0 amide bonds. The Kier molecular flexibility index (Phi) is 5.22. The van der Waals surface area contributed by atoms with Gasteiger partial charge in [-0.25, -0.2) is 0 Å². The molecule has 35 heavy (non-hydrogen) atoms. The van der Waals surface area contributed by atoms with Crippen LogP contribution < -0.4 is 11.3 Å². The lowest BCUT2D eigenvalue weighted by Gasteiger charge is -2.16. The number of thiophene rings is 1. The molecule has 0 atom stereocenters. The molecule has 0 radical (unpaired) electrons. The Morgan fingerprint density at radius 2 is 1.77 bits per heavy atom. The largest absolute Gasteiger partial charge is 0.384 e. The van der Waals surface area contributed by atoms with E-state index < -0.39 is 10.5 Å². The van der Waals surface area contributed by atoms with Crippen LogP contribution in [0.1, 0.15) is 11.1 Å². The number of nitrogens with zero attached hydrogens (tertiary/aromatic N) is 4. The van der Waals surface area contributed by atoms with Gasteiger partial charge >= 0.3 is 0 Å². The Bertz CT molecular complexity index is 1830. The summed E-state index contributed by atoms with van der Waals surface area (Å²) in [5, 5.41) is 23.8. The Hall–Kier alpha value is -4.70. The lowest BCUT2D eigenvalue weighted by atomic mass is 9.95. The fourth-order valence-electron chi connectivity index (χ4n) is 4.02. The van der Waals surface area contributed by atoms with Crippen LogP contribution in [0, 0.1) is 33.8 Å². The summed E-state index contributed by atoms with van der Waals surface area (Å²) in [7, 11) is 0. The van der Waals surface area contributed by atoms with Gasteiger partial charge in [0.1, 0.15) is 22.3 Å². The number of nitrogen functional groups attached to an aromatic ring is 1. The van der Waals surface area contributed by atoms with Crippen LogP contribution in [-0.2, 0) is 0 Å². The van der Waals surface area contributed by atoms with Gasteiger partial charge in [-0.1, -0.05) is 29.7 Å². The van der Waals surface area contributed by atoms with E-state index in [2.05, 4.69) is 17.0 Å². The van der Waals surface area contributed by atoms with Crippen LogP contribution in [0.3, 0.4) is 0 Å². The number of nitro benzene ring substituents is 1. The van der Waals surface area contributed by atoms with Crippen molar-refractivity contribution in [2.75, 3.05) is 5.73 Å². The highest BCUT2D eigenvalue weighted by Crippen LogP contribution is 2.38. The second kappa shape index (κ2) is 8.26. The third-order valence-electron chi connectivity index (χ3n) is 5.61. The van der Waals surface area contributed by atoms with Gasteiger partial charge in [-0.2, -0.15) is 10.2 Å². The van der Waals surface area contributed by atoms with Gasteiger partial charge in [-0.05, 0) is 35.4 Å². The lowest BCUT2D eigenvalue weighted by Crippen LogP contribution is -2.15. The first-order valence-electron chi connectivity index (χ1n) is 10.0. The number of terminal acetylenes is 1. The summed E-state index contributed by atoms with van der Waals surface area (Å²) >= 11 is 7.28. The van der Waals surface area contributed by atoms with E-state index in [4.69, 9.17) is 23.8 Å². The molecule has 0 spiro atoms. The summed E-state index contributed by atoms with van der Waals surface area (Å²) in [5.41, 5.74) is 8.34.